The van der Waals surface area contributed by atoms with Crippen molar-refractivity contribution in [1.82, 2.24) is 9.47 Å². The van der Waals surface area contributed by atoms with Gasteiger partial charge in [-0.1, -0.05) is 41.4 Å². The van der Waals surface area contributed by atoms with Crippen molar-refractivity contribution in [1.29, 1.82) is 0 Å². The molecule has 1 atom stereocenters. The highest BCUT2D eigenvalue weighted by atomic mass is 35.5. The maximum atomic E-state index is 13.0. The summed E-state index contributed by atoms with van der Waals surface area (Å²) in [6, 6.07) is 19.4. The molecule has 2 heterocycles. The molecule has 0 saturated carbocycles. The number of halogens is 1. The fourth-order valence-electron chi connectivity index (χ4n) is 3.43. The number of hydrogen-bond donors (Lipinski definition) is 1. The number of hydrogen-bond acceptors (Lipinski definition) is 1. The number of anilines is 1. The SMILES string of the molecule is Cc1ccc(NC(=O)N2CCn3cccc3[C@H]2c2ccc(Cl)cc2)cc1. The third-order valence-corrected chi connectivity index (χ3v) is 5.04. The molecule has 4 rings (SSSR count). The Morgan fingerprint density at radius 2 is 1.77 bits per heavy atom. The van der Waals surface area contributed by atoms with Crippen LogP contribution in [0.4, 0.5) is 10.5 Å². The summed E-state index contributed by atoms with van der Waals surface area (Å²) in [6.45, 7) is 3.46. The van der Waals surface area contributed by atoms with Gasteiger partial charge in [0.15, 0.2) is 0 Å². The van der Waals surface area contributed by atoms with E-state index in [1.807, 2.05) is 66.4 Å². The summed E-state index contributed by atoms with van der Waals surface area (Å²) in [5.41, 5.74) is 4.12. The number of urea groups is 1. The van der Waals surface area contributed by atoms with Crippen LogP contribution in [-0.4, -0.2) is 22.0 Å². The lowest BCUT2D eigenvalue weighted by Gasteiger charge is -2.37. The van der Waals surface area contributed by atoms with Crippen molar-refractivity contribution < 1.29 is 4.79 Å². The summed E-state index contributed by atoms with van der Waals surface area (Å²) in [5, 5.41) is 3.72. The van der Waals surface area contributed by atoms with Gasteiger partial charge >= 0.3 is 6.03 Å². The third kappa shape index (κ3) is 3.20. The van der Waals surface area contributed by atoms with E-state index in [-0.39, 0.29) is 12.1 Å². The normalized spacial score (nSPS) is 16.2. The first kappa shape index (κ1) is 16.7. The Morgan fingerprint density at radius 1 is 1.04 bits per heavy atom. The van der Waals surface area contributed by atoms with Gasteiger partial charge in [0.1, 0.15) is 0 Å². The van der Waals surface area contributed by atoms with E-state index in [0.29, 0.717) is 11.6 Å². The number of amides is 2. The van der Waals surface area contributed by atoms with Gasteiger partial charge in [-0.25, -0.2) is 4.79 Å². The number of aryl methyl sites for hydroxylation is 1. The van der Waals surface area contributed by atoms with Crippen LogP contribution >= 0.6 is 11.6 Å². The van der Waals surface area contributed by atoms with E-state index in [1.54, 1.807) is 0 Å². The number of fused-ring (bicyclic) bond motifs is 1. The zero-order chi connectivity index (χ0) is 18.1. The highest BCUT2D eigenvalue weighted by Crippen LogP contribution is 2.33. The number of carbonyl (C=O) groups is 1. The topological polar surface area (TPSA) is 37.3 Å². The van der Waals surface area contributed by atoms with Crippen LogP contribution in [0.1, 0.15) is 22.9 Å². The zero-order valence-electron chi connectivity index (χ0n) is 14.5. The van der Waals surface area contributed by atoms with Crippen molar-refractivity contribution in [2.75, 3.05) is 11.9 Å². The number of rotatable bonds is 2. The molecule has 0 spiro atoms. The molecule has 3 aromatic rings. The minimum atomic E-state index is -0.138. The van der Waals surface area contributed by atoms with Crippen LogP contribution in [0.15, 0.2) is 66.9 Å². The van der Waals surface area contributed by atoms with Crippen LogP contribution in [0.25, 0.3) is 0 Å². The van der Waals surface area contributed by atoms with Gasteiger partial charge in [-0.15, -0.1) is 0 Å². The lowest BCUT2D eigenvalue weighted by Crippen LogP contribution is -2.44. The molecule has 26 heavy (non-hydrogen) atoms. The molecule has 1 N–H and O–H groups in total. The molecule has 132 valence electrons. The standard InChI is InChI=1S/C21H20ClN3O/c1-15-4-10-18(11-5-15)23-21(26)25-14-13-24-12-2-3-19(24)20(25)16-6-8-17(22)9-7-16/h2-12,20H,13-14H2,1H3,(H,23,26)/t20-/m1/s1. The number of nitrogens with zero attached hydrogens (tertiary/aromatic N) is 2. The second kappa shape index (κ2) is 6.89. The lowest BCUT2D eigenvalue weighted by atomic mass is 10.0. The molecule has 2 aromatic carbocycles. The smallest absolute Gasteiger partial charge is 0.322 e. The van der Waals surface area contributed by atoms with Crippen LogP contribution in [0, 0.1) is 6.92 Å². The van der Waals surface area contributed by atoms with Crippen LogP contribution in [-0.2, 0) is 6.54 Å². The van der Waals surface area contributed by atoms with E-state index in [9.17, 15) is 4.79 Å². The molecule has 4 nitrogen and oxygen atoms in total. The number of aromatic nitrogens is 1. The van der Waals surface area contributed by atoms with Crippen molar-refractivity contribution in [3.63, 3.8) is 0 Å². The zero-order valence-corrected chi connectivity index (χ0v) is 15.3. The first-order chi connectivity index (χ1) is 12.6. The minimum absolute atomic E-state index is 0.0961. The van der Waals surface area contributed by atoms with E-state index in [1.165, 1.54) is 0 Å². The molecule has 0 bridgehead atoms. The molecular weight excluding hydrogens is 346 g/mol. The van der Waals surface area contributed by atoms with Crippen LogP contribution in [0.2, 0.25) is 5.02 Å². The van der Waals surface area contributed by atoms with Crippen LogP contribution in [0.3, 0.4) is 0 Å². The average Bonchev–Trinajstić information content (AvgIpc) is 3.12. The van der Waals surface area contributed by atoms with Gasteiger partial charge in [-0.2, -0.15) is 0 Å². The monoisotopic (exact) mass is 365 g/mol. The Balaban J connectivity index is 1.66. The Hall–Kier alpha value is -2.72. The van der Waals surface area contributed by atoms with E-state index >= 15 is 0 Å². The Labute approximate surface area is 158 Å². The fourth-order valence-corrected chi connectivity index (χ4v) is 3.56. The molecule has 5 heteroatoms. The summed E-state index contributed by atoms with van der Waals surface area (Å²) in [6.07, 6.45) is 2.06. The molecule has 0 unspecified atom stereocenters. The largest absolute Gasteiger partial charge is 0.348 e. The van der Waals surface area contributed by atoms with Crippen molar-refractivity contribution in [3.05, 3.63) is 88.7 Å². The van der Waals surface area contributed by atoms with E-state index in [4.69, 9.17) is 11.6 Å². The molecular formula is C21H20ClN3O. The van der Waals surface area contributed by atoms with E-state index in [0.717, 1.165) is 29.1 Å². The predicted molar refractivity (Wildman–Crippen MR) is 105 cm³/mol. The molecule has 0 saturated heterocycles. The summed E-state index contributed by atoms with van der Waals surface area (Å²) in [5.74, 6) is 0. The minimum Gasteiger partial charge on any atom is -0.348 e. The molecule has 0 fully saturated rings. The summed E-state index contributed by atoms with van der Waals surface area (Å²) in [4.78, 5) is 14.9. The molecule has 2 amide bonds. The van der Waals surface area contributed by atoms with Gasteiger partial charge in [-0.3, -0.25) is 0 Å². The van der Waals surface area contributed by atoms with E-state index < -0.39 is 0 Å². The maximum Gasteiger partial charge on any atom is 0.322 e. The first-order valence-electron chi connectivity index (χ1n) is 8.66. The van der Waals surface area contributed by atoms with Gasteiger partial charge < -0.3 is 14.8 Å². The Bertz CT molecular complexity index is 915. The van der Waals surface area contributed by atoms with Gasteiger partial charge in [0.2, 0.25) is 0 Å². The molecule has 0 aliphatic carbocycles. The third-order valence-electron chi connectivity index (χ3n) is 4.79. The van der Waals surface area contributed by atoms with Crippen molar-refractivity contribution >= 4 is 23.3 Å². The highest BCUT2D eigenvalue weighted by Gasteiger charge is 2.32. The Kier molecular flexibility index (Phi) is 4.43. The van der Waals surface area contributed by atoms with Crippen LogP contribution < -0.4 is 5.32 Å². The van der Waals surface area contributed by atoms with Gasteiger partial charge in [-0.05, 0) is 48.9 Å². The number of benzene rings is 2. The summed E-state index contributed by atoms with van der Waals surface area (Å²) < 4.78 is 2.20. The second-order valence-corrected chi connectivity index (χ2v) is 7.01. The molecule has 1 aliphatic heterocycles. The summed E-state index contributed by atoms with van der Waals surface area (Å²) in [7, 11) is 0. The number of nitrogens with one attached hydrogen (secondary N) is 1. The highest BCUT2D eigenvalue weighted by molar-refractivity contribution is 6.30. The molecule has 1 aliphatic rings. The summed E-state index contributed by atoms with van der Waals surface area (Å²) >= 11 is 6.05. The van der Waals surface area contributed by atoms with Crippen LogP contribution in [0.5, 0.6) is 0 Å². The fraction of sp³-hybridized carbons (Fsp3) is 0.190. The van der Waals surface area contributed by atoms with Crippen molar-refractivity contribution in [3.8, 4) is 0 Å². The molecule has 0 radical (unpaired) electrons. The van der Waals surface area contributed by atoms with Crippen molar-refractivity contribution in [2.45, 2.75) is 19.5 Å². The van der Waals surface area contributed by atoms with Crippen molar-refractivity contribution in [2.24, 2.45) is 0 Å². The quantitative estimate of drug-likeness (QED) is 0.675. The molecule has 1 aromatic heterocycles. The average molecular weight is 366 g/mol. The maximum absolute atomic E-state index is 13.0. The predicted octanol–water partition coefficient (Wildman–Crippen LogP) is 5.09. The number of carbonyl (C=O) groups excluding carboxylic acids is 1. The van der Waals surface area contributed by atoms with Gasteiger partial charge in [0.05, 0.1) is 6.04 Å². The first-order valence-corrected chi connectivity index (χ1v) is 9.04. The van der Waals surface area contributed by atoms with Gasteiger partial charge in [0.25, 0.3) is 0 Å². The second-order valence-electron chi connectivity index (χ2n) is 6.57. The van der Waals surface area contributed by atoms with Gasteiger partial charge in [0, 0.05) is 35.7 Å². The lowest BCUT2D eigenvalue weighted by molar-refractivity contribution is 0.182. The van der Waals surface area contributed by atoms with E-state index in [2.05, 4.69) is 22.1 Å². The Morgan fingerprint density at radius 3 is 2.50 bits per heavy atom.